The van der Waals surface area contributed by atoms with Crippen molar-refractivity contribution in [1.82, 2.24) is 15.5 Å². The van der Waals surface area contributed by atoms with Crippen molar-refractivity contribution in [2.75, 3.05) is 29.5 Å². The zero-order valence-corrected chi connectivity index (χ0v) is 15.5. The van der Waals surface area contributed by atoms with Crippen LogP contribution in [-0.2, 0) is 11.2 Å². The van der Waals surface area contributed by atoms with Gasteiger partial charge in [-0.05, 0) is 5.56 Å². The summed E-state index contributed by atoms with van der Waals surface area (Å²) in [6, 6.07) is 10.2. The highest BCUT2D eigenvalue weighted by Gasteiger charge is 2.25. The van der Waals surface area contributed by atoms with E-state index >= 15 is 0 Å². The van der Waals surface area contributed by atoms with Crippen LogP contribution in [0.5, 0.6) is 0 Å². The minimum Gasteiger partial charge on any atom is -0.406 e. The van der Waals surface area contributed by atoms with Crippen LogP contribution in [0.1, 0.15) is 31.3 Å². The molecule has 1 saturated heterocycles. The first-order chi connectivity index (χ1) is 12.1. The van der Waals surface area contributed by atoms with Gasteiger partial charge < -0.3 is 14.6 Å². The number of carbonyl (C=O) groups excluding carboxylic acids is 1. The molecule has 7 heteroatoms. The Morgan fingerprint density at radius 3 is 2.64 bits per heavy atom. The van der Waals surface area contributed by atoms with Crippen molar-refractivity contribution in [2.24, 2.45) is 5.92 Å². The fourth-order valence-corrected chi connectivity index (χ4v) is 3.54. The molecule has 1 fully saturated rings. The number of hydrogen-bond donors (Lipinski definition) is 1. The Kier molecular flexibility index (Phi) is 5.96. The SMILES string of the molecule is CC(C)C(=O)N[C@@H](Cc1ccccc1)c1nnc(N2CCSCC2)o1. The van der Waals surface area contributed by atoms with Gasteiger partial charge in [-0.3, -0.25) is 4.79 Å². The van der Waals surface area contributed by atoms with Gasteiger partial charge >= 0.3 is 6.01 Å². The molecule has 1 aliphatic rings. The molecule has 1 atom stereocenters. The van der Waals surface area contributed by atoms with Gasteiger partial charge in [0.25, 0.3) is 0 Å². The molecule has 1 aromatic heterocycles. The number of rotatable bonds is 6. The molecule has 0 unspecified atom stereocenters. The lowest BCUT2D eigenvalue weighted by Crippen LogP contribution is -2.33. The number of anilines is 1. The lowest BCUT2D eigenvalue weighted by molar-refractivity contribution is -0.124. The molecule has 0 radical (unpaired) electrons. The molecule has 2 heterocycles. The third-order valence-electron chi connectivity index (χ3n) is 4.13. The Morgan fingerprint density at radius 1 is 1.24 bits per heavy atom. The van der Waals surface area contributed by atoms with Gasteiger partial charge in [0.1, 0.15) is 6.04 Å². The average Bonchev–Trinajstić information content (AvgIpc) is 3.13. The van der Waals surface area contributed by atoms with E-state index in [4.69, 9.17) is 4.42 Å². The first-order valence-electron chi connectivity index (χ1n) is 8.64. The maximum absolute atomic E-state index is 12.2. The summed E-state index contributed by atoms with van der Waals surface area (Å²) in [5.74, 6) is 2.48. The minimum atomic E-state index is -0.322. The summed E-state index contributed by atoms with van der Waals surface area (Å²) in [5, 5.41) is 11.5. The molecule has 0 aliphatic carbocycles. The summed E-state index contributed by atoms with van der Waals surface area (Å²) in [6.07, 6.45) is 0.622. The van der Waals surface area contributed by atoms with E-state index in [2.05, 4.69) is 20.4 Å². The van der Waals surface area contributed by atoms with Crippen LogP contribution >= 0.6 is 11.8 Å². The van der Waals surface area contributed by atoms with Crippen LogP contribution in [0.2, 0.25) is 0 Å². The van der Waals surface area contributed by atoms with E-state index in [0.29, 0.717) is 18.3 Å². The highest BCUT2D eigenvalue weighted by Crippen LogP contribution is 2.23. The summed E-state index contributed by atoms with van der Waals surface area (Å²) < 4.78 is 5.92. The predicted octanol–water partition coefficient (Wildman–Crippen LogP) is 2.68. The first-order valence-corrected chi connectivity index (χ1v) is 9.79. The quantitative estimate of drug-likeness (QED) is 0.854. The normalized spacial score (nSPS) is 16.0. The lowest BCUT2D eigenvalue weighted by atomic mass is 10.0. The Bertz CT molecular complexity index is 683. The largest absolute Gasteiger partial charge is 0.406 e. The molecule has 0 bridgehead atoms. The molecule has 6 nitrogen and oxygen atoms in total. The minimum absolute atomic E-state index is 0.0185. The zero-order chi connectivity index (χ0) is 17.6. The molecule has 1 N–H and O–H groups in total. The Hall–Kier alpha value is -2.02. The Labute approximate surface area is 152 Å². The van der Waals surface area contributed by atoms with E-state index in [-0.39, 0.29) is 17.9 Å². The van der Waals surface area contributed by atoms with Crippen LogP contribution in [0.4, 0.5) is 6.01 Å². The standard InChI is InChI=1S/C18H24N4O2S/c1-13(2)16(23)19-15(12-14-6-4-3-5-7-14)17-20-21-18(24-17)22-8-10-25-11-9-22/h3-7,13,15H,8-12H2,1-2H3,(H,19,23)/t15-/m0/s1. The molecule has 134 valence electrons. The first kappa shape index (κ1) is 17.8. The topological polar surface area (TPSA) is 71.3 Å². The van der Waals surface area contributed by atoms with Gasteiger partial charge in [-0.15, -0.1) is 5.10 Å². The number of aromatic nitrogens is 2. The van der Waals surface area contributed by atoms with Gasteiger partial charge in [-0.1, -0.05) is 49.3 Å². The molecule has 1 aromatic carbocycles. The van der Waals surface area contributed by atoms with Crippen LogP contribution in [0.25, 0.3) is 0 Å². The lowest BCUT2D eigenvalue weighted by Gasteiger charge is -2.24. The van der Waals surface area contributed by atoms with Crippen molar-refractivity contribution in [1.29, 1.82) is 0 Å². The molecule has 3 rings (SSSR count). The van der Waals surface area contributed by atoms with Crippen LogP contribution in [0.3, 0.4) is 0 Å². The van der Waals surface area contributed by atoms with E-state index in [9.17, 15) is 4.79 Å². The van der Waals surface area contributed by atoms with Gasteiger partial charge in [0.05, 0.1) is 0 Å². The third kappa shape index (κ3) is 4.75. The second kappa shape index (κ2) is 8.38. The number of nitrogens with one attached hydrogen (secondary N) is 1. The second-order valence-electron chi connectivity index (χ2n) is 6.43. The number of carbonyl (C=O) groups is 1. The van der Waals surface area contributed by atoms with Gasteiger partial charge in [0.2, 0.25) is 11.8 Å². The Balaban J connectivity index is 1.78. The van der Waals surface area contributed by atoms with Crippen molar-refractivity contribution < 1.29 is 9.21 Å². The summed E-state index contributed by atoms with van der Waals surface area (Å²) in [4.78, 5) is 14.3. The second-order valence-corrected chi connectivity index (χ2v) is 7.65. The maximum Gasteiger partial charge on any atom is 0.318 e. The summed E-state index contributed by atoms with van der Waals surface area (Å²) in [6.45, 7) is 5.57. The summed E-state index contributed by atoms with van der Waals surface area (Å²) >= 11 is 1.93. The highest BCUT2D eigenvalue weighted by molar-refractivity contribution is 7.99. The average molecular weight is 360 g/mol. The molecule has 0 spiro atoms. The number of hydrogen-bond acceptors (Lipinski definition) is 6. The van der Waals surface area contributed by atoms with E-state index in [1.165, 1.54) is 0 Å². The third-order valence-corrected chi connectivity index (χ3v) is 5.08. The van der Waals surface area contributed by atoms with Crippen molar-refractivity contribution in [3.8, 4) is 0 Å². The van der Waals surface area contributed by atoms with E-state index in [0.717, 1.165) is 30.2 Å². The van der Waals surface area contributed by atoms with Crippen molar-refractivity contribution >= 4 is 23.7 Å². The fourth-order valence-electron chi connectivity index (χ4n) is 2.64. The number of nitrogens with zero attached hydrogens (tertiary/aromatic N) is 3. The fraction of sp³-hybridized carbons (Fsp3) is 0.500. The molecule has 1 amide bonds. The predicted molar refractivity (Wildman–Crippen MR) is 99.7 cm³/mol. The molecule has 25 heavy (non-hydrogen) atoms. The van der Waals surface area contributed by atoms with E-state index in [1.54, 1.807) is 0 Å². The number of benzene rings is 1. The van der Waals surface area contributed by atoms with E-state index < -0.39 is 0 Å². The Morgan fingerprint density at radius 2 is 1.96 bits per heavy atom. The smallest absolute Gasteiger partial charge is 0.318 e. The number of thioether (sulfide) groups is 1. The summed E-state index contributed by atoms with van der Waals surface area (Å²) in [7, 11) is 0. The van der Waals surface area contributed by atoms with Crippen molar-refractivity contribution in [3.05, 3.63) is 41.8 Å². The van der Waals surface area contributed by atoms with E-state index in [1.807, 2.05) is 55.9 Å². The molecule has 0 saturated carbocycles. The molecule has 2 aromatic rings. The molecular weight excluding hydrogens is 336 g/mol. The van der Waals surface area contributed by atoms with Gasteiger partial charge in [-0.2, -0.15) is 11.8 Å². The van der Waals surface area contributed by atoms with Crippen LogP contribution in [-0.4, -0.2) is 40.7 Å². The van der Waals surface area contributed by atoms with Crippen molar-refractivity contribution in [2.45, 2.75) is 26.3 Å². The molecule has 1 aliphatic heterocycles. The van der Waals surface area contributed by atoms with Gasteiger partial charge in [-0.25, -0.2) is 0 Å². The zero-order valence-electron chi connectivity index (χ0n) is 14.6. The number of amides is 1. The van der Waals surface area contributed by atoms with Gasteiger partial charge in [0.15, 0.2) is 0 Å². The van der Waals surface area contributed by atoms with Gasteiger partial charge in [0, 0.05) is 36.9 Å². The molecular formula is C18H24N4O2S. The van der Waals surface area contributed by atoms with Crippen LogP contribution < -0.4 is 10.2 Å². The van der Waals surface area contributed by atoms with Crippen LogP contribution in [0.15, 0.2) is 34.7 Å². The highest BCUT2D eigenvalue weighted by atomic mass is 32.2. The van der Waals surface area contributed by atoms with Crippen LogP contribution in [0, 0.1) is 5.92 Å². The monoisotopic (exact) mass is 360 g/mol. The maximum atomic E-state index is 12.2. The summed E-state index contributed by atoms with van der Waals surface area (Å²) in [5.41, 5.74) is 1.12. The van der Waals surface area contributed by atoms with Crippen molar-refractivity contribution in [3.63, 3.8) is 0 Å².